The monoisotopic (exact) mass is 323 g/mol. The summed E-state index contributed by atoms with van der Waals surface area (Å²) < 4.78 is 0. The lowest BCUT2D eigenvalue weighted by Gasteiger charge is -2.22. The molecule has 0 unspecified atom stereocenters. The van der Waals surface area contributed by atoms with Crippen molar-refractivity contribution >= 4 is 33.0 Å². The maximum Gasteiger partial charge on any atom is 0.0405 e. The Bertz CT molecular complexity index is 493. The van der Waals surface area contributed by atoms with Crippen LogP contribution in [-0.2, 0) is 11.8 Å². The number of nitrogens with zero attached hydrogens (tertiary/aromatic N) is 1. The molecule has 1 nitrogen and oxygen atoms in total. The van der Waals surface area contributed by atoms with Gasteiger partial charge in [-0.15, -0.1) is 11.3 Å². The molecule has 2 rings (SSSR count). The number of benzene rings is 1. The third-order valence-electron chi connectivity index (χ3n) is 3.06. The van der Waals surface area contributed by atoms with E-state index in [2.05, 4.69) is 70.5 Å². The largest absolute Gasteiger partial charge is 0.374 e. The molecule has 0 saturated heterocycles. The van der Waals surface area contributed by atoms with Gasteiger partial charge in [-0.05, 0) is 36.4 Å². The first-order valence-corrected chi connectivity index (χ1v) is 8.10. The minimum Gasteiger partial charge on any atom is -0.374 e. The van der Waals surface area contributed by atoms with E-state index in [1.165, 1.54) is 21.7 Å². The Hall–Kier alpha value is -0.800. The zero-order valence-corrected chi connectivity index (χ0v) is 13.2. The number of thiophene rings is 1. The van der Waals surface area contributed by atoms with Crippen LogP contribution in [0.1, 0.15) is 16.0 Å². The molecule has 0 aliphatic carbocycles. The predicted molar refractivity (Wildman–Crippen MR) is 85.1 cm³/mol. The van der Waals surface area contributed by atoms with Crippen molar-refractivity contribution in [3.63, 3.8) is 0 Å². The quantitative estimate of drug-likeness (QED) is 0.725. The Morgan fingerprint density at radius 1 is 1.28 bits per heavy atom. The van der Waals surface area contributed by atoms with E-state index in [4.69, 9.17) is 0 Å². The molecule has 0 aliphatic heterocycles. The number of alkyl halides is 1. The van der Waals surface area contributed by atoms with Crippen molar-refractivity contribution in [2.45, 2.75) is 18.7 Å². The molecule has 96 valence electrons. The lowest BCUT2D eigenvalue weighted by atomic mass is 10.1. The Labute approximate surface area is 122 Å². The fourth-order valence-electron chi connectivity index (χ4n) is 2.05. The molecule has 2 aromatic rings. The van der Waals surface area contributed by atoms with Crippen molar-refractivity contribution < 1.29 is 0 Å². The van der Waals surface area contributed by atoms with Crippen molar-refractivity contribution in [3.8, 4) is 0 Å². The summed E-state index contributed by atoms with van der Waals surface area (Å²) in [5.41, 5.74) is 4.01. The van der Waals surface area contributed by atoms with Crippen LogP contribution in [0.25, 0.3) is 0 Å². The molecule has 0 fully saturated rings. The molecule has 3 heteroatoms. The second-order valence-corrected chi connectivity index (χ2v) is 6.11. The van der Waals surface area contributed by atoms with E-state index in [1.54, 1.807) is 0 Å². The van der Waals surface area contributed by atoms with E-state index in [0.717, 1.165) is 18.3 Å². The molecule has 0 spiro atoms. The fourth-order valence-corrected chi connectivity index (χ4v) is 3.19. The van der Waals surface area contributed by atoms with E-state index in [0.29, 0.717) is 0 Å². The van der Waals surface area contributed by atoms with Crippen LogP contribution in [0.4, 0.5) is 5.69 Å². The van der Waals surface area contributed by atoms with Gasteiger partial charge >= 0.3 is 0 Å². The first kappa shape index (κ1) is 13.6. The van der Waals surface area contributed by atoms with Crippen LogP contribution in [0, 0.1) is 6.92 Å². The van der Waals surface area contributed by atoms with Gasteiger partial charge in [0.2, 0.25) is 0 Å². The Balaban J connectivity index is 2.06. The summed E-state index contributed by atoms with van der Waals surface area (Å²) in [5.74, 6) is 0. The highest BCUT2D eigenvalue weighted by atomic mass is 79.9. The molecule has 0 amide bonds. The van der Waals surface area contributed by atoms with Crippen molar-refractivity contribution in [3.05, 3.63) is 51.7 Å². The molecule has 0 atom stereocenters. The van der Waals surface area contributed by atoms with Crippen molar-refractivity contribution in [2.24, 2.45) is 0 Å². The van der Waals surface area contributed by atoms with Crippen LogP contribution in [0.2, 0.25) is 0 Å². The van der Waals surface area contributed by atoms with Crippen LogP contribution in [0.15, 0.2) is 35.7 Å². The minimum absolute atomic E-state index is 0.910. The van der Waals surface area contributed by atoms with Gasteiger partial charge in [-0.1, -0.05) is 39.7 Å². The van der Waals surface area contributed by atoms with Gasteiger partial charge in [0.15, 0.2) is 0 Å². The van der Waals surface area contributed by atoms with Gasteiger partial charge < -0.3 is 4.90 Å². The topological polar surface area (TPSA) is 3.24 Å². The summed E-state index contributed by atoms with van der Waals surface area (Å²) in [6, 6.07) is 11.0. The van der Waals surface area contributed by atoms with Gasteiger partial charge in [0, 0.05) is 29.5 Å². The highest BCUT2D eigenvalue weighted by molar-refractivity contribution is 9.08. The molecule has 0 aliphatic rings. The molecular weight excluding hydrogens is 306 g/mol. The third-order valence-corrected chi connectivity index (χ3v) is 4.60. The zero-order chi connectivity index (χ0) is 13.0. The average Bonchev–Trinajstić information content (AvgIpc) is 2.88. The smallest absolute Gasteiger partial charge is 0.0405 e. The molecule has 18 heavy (non-hydrogen) atoms. The summed E-state index contributed by atoms with van der Waals surface area (Å²) in [6.45, 7) is 3.20. The fraction of sp³-hybridized carbons (Fsp3) is 0.333. The van der Waals surface area contributed by atoms with E-state index in [1.807, 2.05) is 11.3 Å². The second-order valence-electron chi connectivity index (χ2n) is 4.52. The van der Waals surface area contributed by atoms with Crippen molar-refractivity contribution in [2.75, 3.05) is 18.5 Å². The number of anilines is 1. The van der Waals surface area contributed by atoms with Crippen LogP contribution in [-0.4, -0.2) is 13.6 Å². The lowest BCUT2D eigenvalue weighted by molar-refractivity contribution is 0.882. The van der Waals surface area contributed by atoms with Crippen LogP contribution < -0.4 is 4.90 Å². The number of rotatable bonds is 5. The van der Waals surface area contributed by atoms with Gasteiger partial charge in [0.1, 0.15) is 0 Å². The minimum atomic E-state index is 0.910. The van der Waals surface area contributed by atoms with E-state index in [9.17, 15) is 0 Å². The molecule has 0 radical (unpaired) electrons. The summed E-state index contributed by atoms with van der Waals surface area (Å²) in [5, 5.41) is 3.05. The maximum atomic E-state index is 3.58. The SMILES string of the molecule is Cc1ccc(N(C)CCc2cccs2)c(CBr)c1. The predicted octanol–water partition coefficient (Wildman–Crippen LogP) is 4.63. The van der Waals surface area contributed by atoms with Crippen LogP contribution in [0.3, 0.4) is 0 Å². The highest BCUT2D eigenvalue weighted by Crippen LogP contribution is 2.23. The van der Waals surface area contributed by atoms with Gasteiger partial charge in [-0.25, -0.2) is 0 Å². The van der Waals surface area contributed by atoms with Gasteiger partial charge in [-0.3, -0.25) is 0 Å². The molecule has 1 heterocycles. The third kappa shape index (κ3) is 3.36. The van der Waals surface area contributed by atoms with Gasteiger partial charge in [0.25, 0.3) is 0 Å². The Kier molecular flexibility index (Phi) is 4.84. The lowest BCUT2D eigenvalue weighted by Crippen LogP contribution is -2.21. The Morgan fingerprint density at radius 3 is 2.78 bits per heavy atom. The second kappa shape index (κ2) is 6.39. The normalized spacial score (nSPS) is 10.6. The van der Waals surface area contributed by atoms with Crippen molar-refractivity contribution in [1.82, 2.24) is 0 Å². The molecule has 0 saturated carbocycles. The zero-order valence-electron chi connectivity index (χ0n) is 10.8. The number of hydrogen-bond acceptors (Lipinski definition) is 2. The molecule has 1 aromatic heterocycles. The standard InChI is InChI=1S/C15H18BrNS/c1-12-5-6-15(13(10-12)11-16)17(2)8-7-14-4-3-9-18-14/h3-6,9-10H,7-8,11H2,1-2H3. The number of aryl methyl sites for hydroxylation is 1. The maximum absolute atomic E-state index is 3.58. The van der Waals surface area contributed by atoms with E-state index < -0.39 is 0 Å². The summed E-state index contributed by atoms with van der Waals surface area (Å²) >= 11 is 5.41. The van der Waals surface area contributed by atoms with Crippen LogP contribution in [0.5, 0.6) is 0 Å². The average molecular weight is 324 g/mol. The Morgan fingerprint density at radius 2 is 2.11 bits per heavy atom. The van der Waals surface area contributed by atoms with Crippen molar-refractivity contribution in [1.29, 1.82) is 0 Å². The molecular formula is C15H18BrNS. The first-order valence-electron chi connectivity index (χ1n) is 6.09. The van der Waals surface area contributed by atoms with Gasteiger partial charge in [-0.2, -0.15) is 0 Å². The highest BCUT2D eigenvalue weighted by Gasteiger charge is 2.07. The first-order chi connectivity index (χ1) is 8.70. The molecule has 1 aromatic carbocycles. The van der Waals surface area contributed by atoms with E-state index >= 15 is 0 Å². The van der Waals surface area contributed by atoms with E-state index in [-0.39, 0.29) is 0 Å². The van der Waals surface area contributed by atoms with Gasteiger partial charge in [0.05, 0.1) is 0 Å². The number of hydrogen-bond donors (Lipinski definition) is 0. The molecule has 0 N–H and O–H groups in total. The van der Waals surface area contributed by atoms with Crippen LogP contribution >= 0.6 is 27.3 Å². The number of likely N-dealkylation sites (N-methyl/N-ethyl adjacent to an activating group) is 1. The summed E-state index contributed by atoms with van der Waals surface area (Å²) in [4.78, 5) is 3.80. The molecule has 0 bridgehead atoms. The number of halogens is 1. The summed E-state index contributed by atoms with van der Waals surface area (Å²) in [7, 11) is 2.17. The summed E-state index contributed by atoms with van der Waals surface area (Å²) in [6.07, 6.45) is 1.11.